The quantitative estimate of drug-likeness (QED) is 0.484. The van der Waals surface area contributed by atoms with Gasteiger partial charge in [-0.05, 0) is 32.3 Å². The van der Waals surface area contributed by atoms with Crippen molar-refractivity contribution in [2.24, 2.45) is 11.7 Å². The van der Waals surface area contributed by atoms with Crippen molar-refractivity contribution in [1.29, 1.82) is 0 Å². The number of nitrogens with zero attached hydrogens (tertiary/aromatic N) is 1. The molecule has 0 fully saturated rings. The van der Waals surface area contributed by atoms with E-state index in [-0.39, 0.29) is 23.7 Å². The van der Waals surface area contributed by atoms with Crippen LogP contribution in [-0.4, -0.2) is 34.9 Å². The van der Waals surface area contributed by atoms with Gasteiger partial charge >= 0.3 is 0 Å². The summed E-state index contributed by atoms with van der Waals surface area (Å²) in [6, 6.07) is 4.54. The molecule has 2 unspecified atom stereocenters. The summed E-state index contributed by atoms with van der Waals surface area (Å²) in [5.41, 5.74) is 5.16. The monoisotopic (exact) mass is 350 g/mol. The van der Waals surface area contributed by atoms with E-state index in [0.717, 1.165) is 0 Å². The summed E-state index contributed by atoms with van der Waals surface area (Å²) in [6.07, 6.45) is 0.709. The highest BCUT2D eigenvalue weighted by atomic mass is 16.6. The molecule has 0 aromatic heterocycles. The Morgan fingerprint density at radius 1 is 1.32 bits per heavy atom. The molecule has 8 nitrogen and oxygen atoms in total. The summed E-state index contributed by atoms with van der Waals surface area (Å²) in [5.74, 6) is -0.555. The van der Waals surface area contributed by atoms with Gasteiger partial charge in [-0.1, -0.05) is 19.9 Å². The lowest BCUT2D eigenvalue weighted by Crippen LogP contribution is -2.57. The zero-order chi connectivity index (χ0) is 19.2. The summed E-state index contributed by atoms with van der Waals surface area (Å²) in [6.45, 7) is 7.76. The van der Waals surface area contributed by atoms with Crippen LogP contribution in [0.2, 0.25) is 0 Å². The SMILES string of the molecule is CC(C)CC(C)(CN)NC(=O)C(C)NC(=O)c1cccc([N+](=O)[O-])c1. The van der Waals surface area contributed by atoms with E-state index in [2.05, 4.69) is 10.6 Å². The Labute approximate surface area is 147 Å². The van der Waals surface area contributed by atoms with Gasteiger partial charge in [0.15, 0.2) is 0 Å². The van der Waals surface area contributed by atoms with Gasteiger partial charge in [-0.15, -0.1) is 0 Å². The number of carbonyl (C=O) groups is 2. The number of non-ortho nitro benzene ring substituents is 1. The van der Waals surface area contributed by atoms with Crippen molar-refractivity contribution in [2.45, 2.75) is 45.7 Å². The Hall–Kier alpha value is -2.48. The molecule has 0 aliphatic carbocycles. The smallest absolute Gasteiger partial charge is 0.270 e. The van der Waals surface area contributed by atoms with Gasteiger partial charge in [0.25, 0.3) is 11.6 Å². The lowest BCUT2D eigenvalue weighted by atomic mass is 9.90. The molecule has 0 radical (unpaired) electrons. The van der Waals surface area contributed by atoms with E-state index in [4.69, 9.17) is 5.73 Å². The third-order valence-electron chi connectivity index (χ3n) is 3.79. The molecule has 1 aromatic carbocycles. The second kappa shape index (κ2) is 8.57. The van der Waals surface area contributed by atoms with Crippen molar-refractivity contribution >= 4 is 17.5 Å². The number of hydrogen-bond donors (Lipinski definition) is 3. The van der Waals surface area contributed by atoms with Gasteiger partial charge in [0.2, 0.25) is 5.91 Å². The third-order valence-corrected chi connectivity index (χ3v) is 3.79. The van der Waals surface area contributed by atoms with Crippen LogP contribution in [0.1, 0.15) is 44.5 Å². The fraction of sp³-hybridized carbons (Fsp3) is 0.529. The molecule has 138 valence electrons. The summed E-state index contributed by atoms with van der Waals surface area (Å²) < 4.78 is 0. The largest absolute Gasteiger partial charge is 0.348 e. The summed E-state index contributed by atoms with van der Waals surface area (Å²) in [5, 5.41) is 16.2. The fourth-order valence-corrected chi connectivity index (χ4v) is 2.60. The summed E-state index contributed by atoms with van der Waals surface area (Å²) in [4.78, 5) is 34.8. The topological polar surface area (TPSA) is 127 Å². The van der Waals surface area contributed by atoms with Crippen LogP contribution in [-0.2, 0) is 4.79 Å². The van der Waals surface area contributed by atoms with Gasteiger partial charge in [-0.3, -0.25) is 19.7 Å². The fourth-order valence-electron chi connectivity index (χ4n) is 2.60. The van der Waals surface area contributed by atoms with Crippen molar-refractivity contribution < 1.29 is 14.5 Å². The van der Waals surface area contributed by atoms with E-state index in [1.165, 1.54) is 24.3 Å². The number of hydrogen-bond acceptors (Lipinski definition) is 5. The average molecular weight is 350 g/mol. The maximum atomic E-state index is 12.4. The van der Waals surface area contributed by atoms with Crippen LogP contribution in [0.25, 0.3) is 0 Å². The Balaban J connectivity index is 2.75. The molecular weight excluding hydrogens is 324 g/mol. The Kier molecular flexibility index (Phi) is 7.05. The van der Waals surface area contributed by atoms with Crippen LogP contribution >= 0.6 is 0 Å². The minimum absolute atomic E-state index is 0.123. The van der Waals surface area contributed by atoms with Gasteiger partial charge in [-0.25, -0.2) is 0 Å². The maximum absolute atomic E-state index is 12.4. The first-order valence-electron chi connectivity index (χ1n) is 8.15. The second-order valence-electron chi connectivity index (χ2n) is 6.85. The van der Waals surface area contributed by atoms with Gasteiger partial charge < -0.3 is 16.4 Å². The number of benzene rings is 1. The van der Waals surface area contributed by atoms with Gasteiger partial charge in [0, 0.05) is 29.8 Å². The van der Waals surface area contributed by atoms with Crippen LogP contribution in [0.4, 0.5) is 5.69 Å². The molecule has 2 amide bonds. The molecule has 1 aromatic rings. The second-order valence-corrected chi connectivity index (χ2v) is 6.85. The van der Waals surface area contributed by atoms with Crippen molar-refractivity contribution in [3.63, 3.8) is 0 Å². The van der Waals surface area contributed by atoms with Crippen molar-refractivity contribution in [3.8, 4) is 0 Å². The molecule has 2 atom stereocenters. The molecule has 4 N–H and O–H groups in total. The number of rotatable bonds is 8. The van der Waals surface area contributed by atoms with E-state index in [9.17, 15) is 19.7 Å². The number of carbonyl (C=O) groups excluding carboxylic acids is 2. The standard InChI is InChI=1S/C17H26N4O4/c1-11(2)9-17(4,10-18)20-15(22)12(3)19-16(23)13-6-5-7-14(8-13)21(24)25/h5-8,11-12H,9-10,18H2,1-4H3,(H,19,23)(H,20,22). The lowest BCUT2D eigenvalue weighted by molar-refractivity contribution is -0.384. The number of nitrogens with two attached hydrogens (primary N) is 1. The first-order valence-corrected chi connectivity index (χ1v) is 8.15. The van der Waals surface area contributed by atoms with Crippen LogP contribution in [0.3, 0.4) is 0 Å². The highest BCUT2D eigenvalue weighted by Crippen LogP contribution is 2.16. The molecule has 25 heavy (non-hydrogen) atoms. The third kappa shape index (κ3) is 6.15. The van der Waals surface area contributed by atoms with E-state index in [1.54, 1.807) is 6.92 Å². The van der Waals surface area contributed by atoms with Gasteiger partial charge in [0.1, 0.15) is 6.04 Å². The van der Waals surface area contributed by atoms with Crippen molar-refractivity contribution in [3.05, 3.63) is 39.9 Å². The molecule has 8 heteroatoms. The van der Waals surface area contributed by atoms with E-state index >= 15 is 0 Å². The van der Waals surface area contributed by atoms with E-state index in [0.29, 0.717) is 12.3 Å². The minimum atomic E-state index is -0.801. The van der Waals surface area contributed by atoms with E-state index in [1.807, 2.05) is 20.8 Å². The summed E-state index contributed by atoms with van der Waals surface area (Å²) in [7, 11) is 0. The molecule has 0 saturated heterocycles. The van der Waals surface area contributed by atoms with Crippen LogP contribution < -0.4 is 16.4 Å². The maximum Gasteiger partial charge on any atom is 0.270 e. The van der Waals surface area contributed by atoms with Gasteiger partial charge in [0.05, 0.1) is 4.92 Å². The normalized spacial score (nSPS) is 14.5. The van der Waals surface area contributed by atoms with Crippen molar-refractivity contribution in [2.75, 3.05) is 6.54 Å². The predicted octanol–water partition coefficient (Wildman–Crippen LogP) is 1.59. The number of amides is 2. The number of nitro groups is 1. The molecule has 0 saturated carbocycles. The molecule has 0 aliphatic rings. The van der Waals surface area contributed by atoms with Crippen molar-refractivity contribution in [1.82, 2.24) is 10.6 Å². The highest BCUT2D eigenvalue weighted by molar-refractivity contribution is 5.97. The Bertz CT molecular complexity index is 647. The Morgan fingerprint density at radius 3 is 2.48 bits per heavy atom. The lowest BCUT2D eigenvalue weighted by Gasteiger charge is -2.32. The number of nitro benzene ring substituents is 1. The minimum Gasteiger partial charge on any atom is -0.348 e. The zero-order valence-electron chi connectivity index (χ0n) is 15.0. The molecular formula is C17H26N4O4. The molecule has 0 spiro atoms. The van der Waals surface area contributed by atoms with Crippen LogP contribution in [0.5, 0.6) is 0 Å². The molecule has 0 heterocycles. The highest BCUT2D eigenvalue weighted by Gasteiger charge is 2.28. The summed E-state index contributed by atoms with van der Waals surface area (Å²) >= 11 is 0. The zero-order valence-corrected chi connectivity index (χ0v) is 15.0. The van der Waals surface area contributed by atoms with Crippen LogP contribution in [0.15, 0.2) is 24.3 Å². The van der Waals surface area contributed by atoms with Crippen LogP contribution in [0, 0.1) is 16.0 Å². The predicted molar refractivity (Wildman–Crippen MR) is 95.1 cm³/mol. The number of nitrogens with one attached hydrogen (secondary N) is 2. The molecule has 0 bridgehead atoms. The first kappa shape index (κ1) is 20.6. The Morgan fingerprint density at radius 2 is 1.96 bits per heavy atom. The molecule has 1 rings (SSSR count). The first-order chi connectivity index (χ1) is 11.6. The molecule has 0 aliphatic heterocycles. The average Bonchev–Trinajstić information content (AvgIpc) is 2.53. The van der Waals surface area contributed by atoms with Gasteiger partial charge in [-0.2, -0.15) is 0 Å². The van der Waals surface area contributed by atoms with E-state index < -0.39 is 22.4 Å².